The van der Waals surface area contributed by atoms with E-state index in [-0.39, 0.29) is 10.9 Å². The Morgan fingerprint density at radius 2 is 2.05 bits per heavy atom. The van der Waals surface area contributed by atoms with Crippen LogP contribution >= 0.6 is 0 Å². The van der Waals surface area contributed by atoms with Crippen LogP contribution in [0, 0.1) is 5.92 Å². The van der Waals surface area contributed by atoms with Crippen LogP contribution in [0.25, 0.3) is 10.9 Å². The number of pyridine rings is 1. The molecule has 1 aliphatic rings. The minimum Gasteiger partial charge on any atom is -0.308 e. The first-order valence-electron chi connectivity index (χ1n) is 6.89. The Bertz CT molecular complexity index is 772. The molecular formula is C14H18N4O2S. The molecule has 1 aromatic carbocycles. The Balaban J connectivity index is 1.92. The van der Waals surface area contributed by atoms with Crippen molar-refractivity contribution in [2.45, 2.75) is 30.7 Å². The Kier molecular flexibility index (Phi) is 3.56. The maximum absolute atomic E-state index is 12.4. The van der Waals surface area contributed by atoms with E-state index in [4.69, 9.17) is 5.84 Å². The van der Waals surface area contributed by atoms with Crippen LogP contribution in [-0.2, 0) is 10.0 Å². The molecule has 7 heteroatoms. The predicted molar refractivity (Wildman–Crippen MR) is 82.1 cm³/mol. The second-order valence-corrected chi connectivity index (χ2v) is 7.16. The number of nitrogen functional groups attached to an aromatic ring is 1. The fraction of sp³-hybridized carbons (Fsp3) is 0.357. The van der Waals surface area contributed by atoms with E-state index >= 15 is 0 Å². The molecule has 1 saturated carbocycles. The van der Waals surface area contributed by atoms with Gasteiger partial charge in [0.25, 0.3) is 0 Å². The Hall–Kier alpha value is -1.70. The molecule has 112 valence electrons. The molecular weight excluding hydrogens is 288 g/mol. The number of sulfonamides is 1. The molecule has 2 aromatic rings. The van der Waals surface area contributed by atoms with E-state index in [0.717, 1.165) is 18.2 Å². The molecule has 1 aromatic heterocycles. The van der Waals surface area contributed by atoms with Crippen LogP contribution in [0.1, 0.15) is 19.8 Å². The summed E-state index contributed by atoms with van der Waals surface area (Å²) in [7, 11) is -3.49. The number of rotatable bonds is 5. The molecule has 21 heavy (non-hydrogen) atoms. The third kappa shape index (κ3) is 2.99. The third-order valence-electron chi connectivity index (χ3n) is 3.79. The Morgan fingerprint density at radius 1 is 1.29 bits per heavy atom. The van der Waals surface area contributed by atoms with Crippen LogP contribution in [0.2, 0.25) is 0 Å². The highest BCUT2D eigenvalue weighted by molar-refractivity contribution is 7.89. The van der Waals surface area contributed by atoms with E-state index in [2.05, 4.69) is 15.1 Å². The second-order valence-electron chi connectivity index (χ2n) is 5.44. The molecule has 1 fully saturated rings. The number of hydrazine groups is 1. The molecule has 1 heterocycles. The number of aromatic nitrogens is 1. The van der Waals surface area contributed by atoms with Crippen LogP contribution in [0.15, 0.2) is 35.2 Å². The number of fused-ring (bicyclic) bond motifs is 1. The van der Waals surface area contributed by atoms with Gasteiger partial charge in [0.15, 0.2) is 0 Å². The molecule has 1 unspecified atom stereocenters. The molecule has 1 aliphatic carbocycles. The average Bonchev–Trinajstić information content (AvgIpc) is 3.30. The zero-order valence-corrected chi connectivity index (χ0v) is 12.5. The number of nitrogens with one attached hydrogen (secondary N) is 2. The van der Waals surface area contributed by atoms with Crippen LogP contribution in [0.5, 0.6) is 0 Å². The van der Waals surface area contributed by atoms with E-state index in [1.165, 1.54) is 0 Å². The predicted octanol–water partition coefficient (Wildman–Crippen LogP) is 1.60. The van der Waals surface area contributed by atoms with Crippen molar-refractivity contribution in [2.75, 3.05) is 5.43 Å². The molecule has 0 saturated heterocycles. The van der Waals surface area contributed by atoms with Crippen LogP contribution in [0.4, 0.5) is 5.82 Å². The number of benzene rings is 1. The molecule has 6 nitrogen and oxygen atoms in total. The Labute approximate surface area is 123 Å². The van der Waals surface area contributed by atoms with Crippen molar-refractivity contribution in [1.82, 2.24) is 9.71 Å². The summed E-state index contributed by atoms with van der Waals surface area (Å²) in [4.78, 5) is 4.53. The number of anilines is 1. The molecule has 4 N–H and O–H groups in total. The highest BCUT2D eigenvalue weighted by Crippen LogP contribution is 2.33. The Morgan fingerprint density at radius 3 is 2.71 bits per heavy atom. The maximum atomic E-state index is 12.4. The van der Waals surface area contributed by atoms with Crippen molar-refractivity contribution >= 4 is 26.7 Å². The summed E-state index contributed by atoms with van der Waals surface area (Å²) >= 11 is 0. The molecule has 0 amide bonds. The molecule has 0 spiro atoms. The average molecular weight is 306 g/mol. The first-order chi connectivity index (χ1) is 9.99. The molecule has 3 rings (SSSR count). The van der Waals surface area contributed by atoms with Gasteiger partial charge in [0, 0.05) is 11.4 Å². The van der Waals surface area contributed by atoms with Crippen LogP contribution in [-0.4, -0.2) is 19.4 Å². The molecule has 0 bridgehead atoms. The van der Waals surface area contributed by atoms with E-state index in [1.807, 2.05) is 6.92 Å². The van der Waals surface area contributed by atoms with E-state index in [9.17, 15) is 8.42 Å². The van der Waals surface area contributed by atoms with Gasteiger partial charge in [0.1, 0.15) is 5.82 Å². The van der Waals surface area contributed by atoms with Crippen LogP contribution < -0.4 is 16.0 Å². The lowest BCUT2D eigenvalue weighted by Crippen LogP contribution is -2.34. The summed E-state index contributed by atoms with van der Waals surface area (Å²) in [6, 6.07) is 8.36. The van der Waals surface area contributed by atoms with Gasteiger partial charge in [-0.3, -0.25) is 0 Å². The van der Waals surface area contributed by atoms with Gasteiger partial charge in [0.2, 0.25) is 10.0 Å². The van der Waals surface area contributed by atoms with Gasteiger partial charge in [-0.15, -0.1) is 0 Å². The summed E-state index contributed by atoms with van der Waals surface area (Å²) in [6.45, 7) is 1.91. The molecule has 1 atom stereocenters. The summed E-state index contributed by atoms with van der Waals surface area (Å²) in [5.74, 6) is 6.32. The van der Waals surface area contributed by atoms with Gasteiger partial charge in [-0.05, 0) is 56.0 Å². The van der Waals surface area contributed by atoms with Crippen molar-refractivity contribution < 1.29 is 8.42 Å². The highest BCUT2D eigenvalue weighted by atomic mass is 32.2. The standard InChI is InChI=1S/C14H18N4O2S/c1-9(10-2-3-10)18-21(19,20)12-5-6-13-11(8-12)4-7-14(16-13)17-15/h4-10,18H,2-3,15H2,1H3,(H,16,17). The van der Waals surface area contributed by atoms with Gasteiger partial charge in [-0.1, -0.05) is 0 Å². The first-order valence-corrected chi connectivity index (χ1v) is 8.38. The van der Waals surface area contributed by atoms with E-state index < -0.39 is 10.0 Å². The van der Waals surface area contributed by atoms with Crippen molar-refractivity contribution in [1.29, 1.82) is 0 Å². The lowest BCUT2D eigenvalue weighted by Gasteiger charge is -2.13. The minimum atomic E-state index is -3.49. The fourth-order valence-corrected chi connectivity index (χ4v) is 3.70. The lowest BCUT2D eigenvalue weighted by atomic mass is 10.2. The summed E-state index contributed by atoms with van der Waals surface area (Å²) < 4.78 is 27.5. The van der Waals surface area contributed by atoms with E-state index in [0.29, 0.717) is 17.3 Å². The normalized spacial score (nSPS) is 16.9. The summed E-state index contributed by atoms with van der Waals surface area (Å²) in [5, 5.41) is 0.760. The van der Waals surface area contributed by atoms with Crippen LogP contribution in [0.3, 0.4) is 0 Å². The zero-order chi connectivity index (χ0) is 15.0. The number of nitrogens with two attached hydrogens (primary N) is 1. The number of hydrogen-bond donors (Lipinski definition) is 3. The quantitative estimate of drug-likeness (QED) is 0.576. The van der Waals surface area contributed by atoms with Gasteiger partial charge in [-0.2, -0.15) is 0 Å². The third-order valence-corrected chi connectivity index (χ3v) is 5.35. The van der Waals surface area contributed by atoms with Crippen molar-refractivity contribution in [2.24, 2.45) is 11.8 Å². The smallest absolute Gasteiger partial charge is 0.240 e. The molecule has 0 aliphatic heterocycles. The zero-order valence-electron chi connectivity index (χ0n) is 11.7. The van der Waals surface area contributed by atoms with E-state index in [1.54, 1.807) is 30.3 Å². The monoisotopic (exact) mass is 306 g/mol. The largest absolute Gasteiger partial charge is 0.308 e. The van der Waals surface area contributed by atoms with Gasteiger partial charge >= 0.3 is 0 Å². The van der Waals surface area contributed by atoms with Gasteiger partial charge in [-0.25, -0.2) is 24.0 Å². The number of nitrogens with zero attached hydrogens (tertiary/aromatic N) is 1. The summed E-state index contributed by atoms with van der Waals surface area (Å²) in [5.41, 5.74) is 3.16. The van der Waals surface area contributed by atoms with Gasteiger partial charge in [0.05, 0.1) is 10.4 Å². The first kappa shape index (κ1) is 14.2. The SMILES string of the molecule is CC(NS(=O)(=O)c1ccc2nc(NN)ccc2c1)C1CC1. The summed E-state index contributed by atoms with van der Waals surface area (Å²) in [6.07, 6.45) is 2.19. The van der Waals surface area contributed by atoms with Crippen molar-refractivity contribution in [3.8, 4) is 0 Å². The topological polar surface area (TPSA) is 97.1 Å². The van der Waals surface area contributed by atoms with Crippen molar-refractivity contribution in [3.05, 3.63) is 30.3 Å². The maximum Gasteiger partial charge on any atom is 0.240 e. The number of hydrogen-bond acceptors (Lipinski definition) is 5. The second kappa shape index (κ2) is 5.25. The fourth-order valence-electron chi connectivity index (χ4n) is 2.36. The minimum absolute atomic E-state index is 0.0207. The highest BCUT2D eigenvalue weighted by Gasteiger charge is 2.31. The lowest BCUT2D eigenvalue weighted by molar-refractivity contribution is 0.538. The molecule has 0 radical (unpaired) electrons. The van der Waals surface area contributed by atoms with Gasteiger partial charge < -0.3 is 5.43 Å². The van der Waals surface area contributed by atoms with Crippen molar-refractivity contribution in [3.63, 3.8) is 0 Å².